The Morgan fingerprint density at radius 1 is 1.38 bits per heavy atom. The molecule has 0 radical (unpaired) electrons. The van der Waals surface area contributed by atoms with Crippen LogP contribution in [0.4, 0.5) is 0 Å². The molecular formula is C8H15N3OS. The molecule has 1 amide bonds. The molecule has 0 aromatic heterocycles. The maximum atomic E-state index is 10.5. The molecule has 1 rings (SSSR count). The number of rotatable bonds is 4. The maximum absolute atomic E-state index is 10.5. The van der Waals surface area contributed by atoms with E-state index < -0.39 is 0 Å². The molecule has 0 bridgehead atoms. The quantitative estimate of drug-likeness (QED) is 0.434. The number of hydrogen-bond acceptors (Lipinski definition) is 2. The van der Waals surface area contributed by atoms with Gasteiger partial charge in [-0.05, 0) is 25.1 Å². The Kier molecular flexibility index (Phi) is 3.95. The molecular weight excluding hydrogens is 186 g/mol. The summed E-state index contributed by atoms with van der Waals surface area (Å²) in [6, 6.07) is 0.584. The van der Waals surface area contributed by atoms with Gasteiger partial charge in [0, 0.05) is 26.1 Å². The van der Waals surface area contributed by atoms with Crippen LogP contribution in [-0.2, 0) is 4.79 Å². The molecule has 1 aliphatic rings. The summed E-state index contributed by atoms with van der Waals surface area (Å²) in [6.07, 6.45) is 2.43. The van der Waals surface area contributed by atoms with Gasteiger partial charge < -0.3 is 16.0 Å². The Hall–Kier alpha value is -0.840. The monoisotopic (exact) mass is 201 g/mol. The van der Waals surface area contributed by atoms with Crippen molar-refractivity contribution in [3.8, 4) is 0 Å². The van der Waals surface area contributed by atoms with Crippen molar-refractivity contribution in [3.05, 3.63) is 0 Å². The first kappa shape index (κ1) is 10.2. The van der Waals surface area contributed by atoms with E-state index in [0.717, 1.165) is 0 Å². The number of nitrogens with one attached hydrogen (secondary N) is 3. The Bertz CT molecular complexity index is 204. The van der Waals surface area contributed by atoms with Crippen LogP contribution in [0.15, 0.2) is 0 Å². The van der Waals surface area contributed by atoms with Crippen LogP contribution in [0.3, 0.4) is 0 Å². The van der Waals surface area contributed by atoms with Crippen LogP contribution in [0.25, 0.3) is 0 Å². The summed E-state index contributed by atoms with van der Waals surface area (Å²) in [4.78, 5) is 10.5. The van der Waals surface area contributed by atoms with Crippen molar-refractivity contribution in [2.45, 2.75) is 25.8 Å². The van der Waals surface area contributed by atoms with Gasteiger partial charge in [-0.25, -0.2) is 0 Å². The molecule has 4 nitrogen and oxygen atoms in total. The Morgan fingerprint density at radius 3 is 2.54 bits per heavy atom. The summed E-state index contributed by atoms with van der Waals surface area (Å²) in [7, 11) is 0. The average Bonchev–Trinajstić information content (AvgIpc) is 2.81. The molecule has 0 spiro atoms. The van der Waals surface area contributed by atoms with E-state index in [1.165, 1.54) is 19.8 Å². The first-order chi connectivity index (χ1) is 6.18. The smallest absolute Gasteiger partial charge is 0.216 e. The van der Waals surface area contributed by atoms with Gasteiger partial charge in [0.05, 0.1) is 0 Å². The lowest BCUT2D eigenvalue weighted by Crippen LogP contribution is -2.40. The number of hydrogen-bond donors (Lipinski definition) is 3. The maximum Gasteiger partial charge on any atom is 0.216 e. The van der Waals surface area contributed by atoms with E-state index in [2.05, 4.69) is 16.0 Å². The number of carbonyl (C=O) groups is 1. The van der Waals surface area contributed by atoms with Crippen molar-refractivity contribution in [1.82, 2.24) is 16.0 Å². The predicted octanol–water partition coefficient (Wildman–Crippen LogP) is -0.251. The van der Waals surface area contributed by atoms with Crippen molar-refractivity contribution in [3.63, 3.8) is 0 Å². The fourth-order valence-electron chi connectivity index (χ4n) is 0.879. The van der Waals surface area contributed by atoms with Crippen molar-refractivity contribution < 1.29 is 4.79 Å². The van der Waals surface area contributed by atoms with Gasteiger partial charge in [-0.3, -0.25) is 4.79 Å². The minimum Gasteiger partial charge on any atom is -0.361 e. The SMILES string of the molecule is CC(=O)NCCNC(=S)NC1CC1. The van der Waals surface area contributed by atoms with Gasteiger partial charge in [-0.15, -0.1) is 0 Å². The summed E-state index contributed by atoms with van der Waals surface area (Å²) in [5.41, 5.74) is 0. The van der Waals surface area contributed by atoms with Crippen LogP contribution in [0.5, 0.6) is 0 Å². The second kappa shape index (κ2) is 5.01. The topological polar surface area (TPSA) is 53.2 Å². The van der Waals surface area contributed by atoms with E-state index in [1.807, 2.05) is 0 Å². The predicted molar refractivity (Wildman–Crippen MR) is 55.4 cm³/mol. The van der Waals surface area contributed by atoms with E-state index in [0.29, 0.717) is 24.2 Å². The molecule has 0 atom stereocenters. The average molecular weight is 201 g/mol. The van der Waals surface area contributed by atoms with Gasteiger partial charge in [-0.1, -0.05) is 0 Å². The Morgan fingerprint density at radius 2 is 2.00 bits per heavy atom. The lowest BCUT2D eigenvalue weighted by Gasteiger charge is -2.09. The van der Waals surface area contributed by atoms with Gasteiger partial charge >= 0.3 is 0 Å². The minimum atomic E-state index is -0.0112. The largest absolute Gasteiger partial charge is 0.361 e. The molecule has 0 saturated heterocycles. The minimum absolute atomic E-state index is 0.0112. The highest BCUT2D eigenvalue weighted by atomic mass is 32.1. The molecule has 13 heavy (non-hydrogen) atoms. The fourth-order valence-corrected chi connectivity index (χ4v) is 1.15. The summed E-state index contributed by atoms with van der Waals surface area (Å²) < 4.78 is 0. The molecule has 1 fully saturated rings. The van der Waals surface area contributed by atoms with Crippen molar-refractivity contribution in [1.29, 1.82) is 0 Å². The molecule has 0 aliphatic heterocycles. The normalized spacial score (nSPS) is 14.8. The number of thiocarbonyl (C=S) groups is 1. The third-order valence-corrected chi connectivity index (χ3v) is 1.96. The van der Waals surface area contributed by atoms with Crippen LogP contribution in [-0.4, -0.2) is 30.2 Å². The zero-order valence-electron chi connectivity index (χ0n) is 7.72. The molecule has 0 aromatic carbocycles. The first-order valence-electron chi connectivity index (χ1n) is 4.47. The van der Waals surface area contributed by atoms with Gasteiger partial charge in [0.2, 0.25) is 5.91 Å². The van der Waals surface area contributed by atoms with Gasteiger partial charge in [0.1, 0.15) is 0 Å². The van der Waals surface area contributed by atoms with Gasteiger partial charge in [0.15, 0.2) is 5.11 Å². The summed E-state index contributed by atoms with van der Waals surface area (Å²) >= 11 is 5.01. The van der Waals surface area contributed by atoms with Gasteiger partial charge in [-0.2, -0.15) is 0 Å². The highest BCUT2D eigenvalue weighted by Crippen LogP contribution is 2.18. The van der Waals surface area contributed by atoms with Crippen molar-refractivity contribution in [2.24, 2.45) is 0 Å². The molecule has 5 heteroatoms. The highest BCUT2D eigenvalue weighted by Gasteiger charge is 2.21. The molecule has 0 heterocycles. The lowest BCUT2D eigenvalue weighted by atomic mass is 10.5. The lowest BCUT2D eigenvalue weighted by molar-refractivity contribution is -0.118. The molecule has 3 N–H and O–H groups in total. The van der Waals surface area contributed by atoms with Crippen LogP contribution in [0.2, 0.25) is 0 Å². The van der Waals surface area contributed by atoms with Crippen LogP contribution in [0, 0.1) is 0 Å². The van der Waals surface area contributed by atoms with Crippen LogP contribution in [0.1, 0.15) is 19.8 Å². The molecule has 0 aromatic rings. The first-order valence-corrected chi connectivity index (χ1v) is 4.88. The molecule has 1 aliphatic carbocycles. The zero-order chi connectivity index (χ0) is 9.68. The Labute approximate surface area is 83.5 Å². The third kappa shape index (κ3) is 5.41. The summed E-state index contributed by atoms with van der Waals surface area (Å²) in [5.74, 6) is -0.0112. The zero-order valence-corrected chi connectivity index (χ0v) is 8.54. The second-order valence-corrected chi connectivity index (χ2v) is 3.57. The molecule has 1 saturated carbocycles. The van der Waals surface area contributed by atoms with Crippen molar-refractivity contribution in [2.75, 3.05) is 13.1 Å². The van der Waals surface area contributed by atoms with Crippen LogP contribution < -0.4 is 16.0 Å². The van der Waals surface area contributed by atoms with E-state index in [1.54, 1.807) is 0 Å². The Balaban J connectivity index is 1.91. The molecule has 0 unspecified atom stereocenters. The fraction of sp³-hybridized carbons (Fsp3) is 0.750. The van der Waals surface area contributed by atoms with E-state index in [9.17, 15) is 4.79 Å². The standard InChI is InChI=1S/C8H15N3OS/c1-6(12)9-4-5-10-8(13)11-7-2-3-7/h7H,2-5H2,1H3,(H,9,12)(H2,10,11,13). The van der Waals surface area contributed by atoms with Gasteiger partial charge in [0.25, 0.3) is 0 Å². The van der Waals surface area contributed by atoms with Crippen molar-refractivity contribution >= 4 is 23.2 Å². The van der Waals surface area contributed by atoms with E-state index in [4.69, 9.17) is 12.2 Å². The molecule has 74 valence electrons. The van der Waals surface area contributed by atoms with Crippen LogP contribution >= 0.6 is 12.2 Å². The summed E-state index contributed by atoms with van der Waals surface area (Å²) in [5, 5.41) is 9.53. The number of amides is 1. The third-order valence-electron chi connectivity index (χ3n) is 1.70. The summed E-state index contributed by atoms with van der Waals surface area (Å²) in [6.45, 7) is 2.79. The second-order valence-electron chi connectivity index (χ2n) is 3.16. The van der Waals surface area contributed by atoms with E-state index in [-0.39, 0.29) is 5.91 Å². The van der Waals surface area contributed by atoms with E-state index >= 15 is 0 Å². The number of carbonyl (C=O) groups excluding carboxylic acids is 1. The highest BCUT2D eigenvalue weighted by molar-refractivity contribution is 7.80.